The van der Waals surface area contributed by atoms with Crippen LogP contribution in [0.5, 0.6) is 0 Å². The van der Waals surface area contributed by atoms with E-state index in [1.165, 1.54) is 0 Å². The summed E-state index contributed by atoms with van der Waals surface area (Å²) in [5, 5.41) is 7.28. The summed E-state index contributed by atoms with van der Waals surface area (Å²) in [5.41, 5.74) is 5.33. The topological polar surface area (TPSA) is 96.0 Å². The fraction of sp³-hybridized carbons (Fsp3) is 0.889. The number of hydrogen-bond donors (Lipinski definition) is 3. The van der Waals surface area contributed by atoms with Crippen molar-refractivity contribution in [3.05, 3.63) is 0 Å². The van der Waals surface area contributed by atoms with Crippen LogP contribution in [0.15, 0.2) is 0 Å². The van der Waals surface area contributed by atoms with Crippen molar-refractivity contribution in [2.24, 2.45) is 11.7 Å². The molecule has 0 radical (unpaired) electrons. The molecule has 0 heterocycles. The highest BCUT2D eigenvalue weighted by atomic mass is 32.2. The fourth-order valence-electron chi connectivity index (χ4n) is 1.43. The third-order valence-electron chi connectivity index (χ3n) is 2.43. The van der Waals surface area contributed by atoms with E-state index in [1.807, 2.05) is 6.92 Å². The Morgan fingerprint density at radius 1 is 1.60 bits per heavy atom. The summed E-state index contributed by atoms with van der Waals surface area (Å²) in [4.78, 5) is 0. The zero-order chi connectivity index (χ0) is 11.5. The number of rotatable bonds is 7. The Morgan fingerprint density at radius 3 is 2.60 bits per heavy atom. The normalized spacial score (nSPS) is 18.7. The summed E-state index contributed by atoms with van der Waals surface area (Å²) in [7, 11) is -3.26. The van der Waals surface area contributed by atoms with Crippen LogP contribution < -0.4 is 10.5 Å². The highest BCUT2D eigenvalue weighted by molar-refractivity contribution is 7.89. The fourth-order valence-corrected chi connectivity index (χ4v) is 3.15. The smallest absolute Gasteiger partial charge is 0.212 e. The van der Waals surface area contributed by atoms with Crippen molar-refractivity contribution >= 4 is 15.9 Å². The second kappa shape index (κ2) is 4.94. The third-order valence-corrected chi connectivity index (χ3v) is 3.98. The predicted octanol–water partition coefficient (Wildman–Crippen LogP) is 0.420. The molecule has 0 aromatic rings. The number of sulfonamides is 1. The Balaban J connectivity index is 2.51. The number of nitrogens with two attached hydrogens (primary N) is 1. The molecule has 1 aliphatic carbocycles. The Bertz CT molecular complexity index is 322. The van der Waals surface area contributed by atoms with Gasteiger partial charge in [0.25, 0.3) is 0 Å². The van der Waals surface area contributed by atoms with Gasteiger partial charge >= 0.3 is 0 Å². The Kier molecular flexibility index (Phi) is 4.10. The summed E-state index contributed by atoms with van der Waals surface area (Å²) < 4.78 is 25.7. The minimum atomic E-state index is -3.26. The van der Waals surface area contributed by atoms with Gasteiger partial charge in [-0.3, -0.25) is 5.41 Å². The molecule has 0 amide bonds. The van der Waals surface area contributed by atoms with Gasteiger partial charge in [-0.15, -0.1) is 0 Å². The summed E-state index contributed by atoms with van der Waals surface area (Å²) in [6.07, 6.45) is 3.38. The van der Waals surface area contributed by atoms with Crippen molar-refractivity contribution in [2.75, 3.05) is 5.75 Å². The van der Waals surface area contributed by atoms with Gasteiger partial charge in [-0.05, 0) is 25.2 Å². The van der Waals surface area contributed by atoms with Gasteiger partial charge in [0, 0.05) is 0 Å². The molecule has 1 fully saturated rings. The zero-order valence-electron chi connectivity index (χ0n) is 8.99. The Labute approximate surface area is 91.0 Å². The first-order valence-corrected chi connectivity index (χ1v) is 6.93. The van der Waals surface area contributed by atoms with Gasteiger partial charge in [-0.25, -0.2) is 13.1 Å². The van der Waals surface area contributed by atoms with Gasteiger partial charge < -0.3 is 5.73 Å². The van der Waals surface area contributed by atoms with E-state index >= 15 is 0 Å². The third kappa shape index (κ3) is 4.61. The summed E-state index contributed by atoms with van der Waals surface area (Å²) in [5.74, 6) is 0.397. The van der Waals surface area contributed by atoms with E-state index in [4.69, 9.17) is 11.1 Å². The highest BCUT2D eigenvalue weighted by Gasteiger charge is 2.29. The van der Waals surface area contributed by atoms with Gasteiger partial charge in [0.2, 0.25) is 10.0 Å². The Hall–Kier alpha value is -0.620. The molecule has 1 aliphatic rings. The molecule has 6 heteroatoms. The van der Waals surface area contributed by atoms with Crippen LogP contribution in [0.2, 0.25) is 0 Å². The molecule has 1 rings (SSSR count). The molecule has 1 unspecified atom stereocenters. The summed E-state index contributed by atoms with van der Waals surface area (Å²) in [6.45, 7) is 1.94. The summed E-state index contributed by atoms with van der Waals surface area (Å²) in [6, 6.07) is -0.529. The Morgan fingerprint density at radius 2 is 2.20 bits per heavy atom. The van der Waals surface area contributed by atoms with Crippen molar-refractivity contribution in [1.82, 2.24) is 4.72 Å². The van der Waals surface area contributed by atoms with E-state index in [2.05, 4.69) is 4.72 Å². The molecule has 4 N–H and O–H groups in total. The van der Waals surface area contributed by atoms with E-state index in [9.17, 15) is 8.42 Å². The molecule has 0 aromatic heterocycles. The van der Waals surface area contributed by atoms with E-state index in [0.29, 0.717) is 12.3 Å². The first-order valence-electron chi connectivity index (χ1n) is 5.28. The molecule has 1 atom stereocenters. The first kappa shape index (κ1) is 12.4. The van der Waals surface area contributed by atoms with Gasteiger partial charge in [0.15, 0.2) is 0 Å². The van der Waals surface area contributed by atoms with Crippen molar-refractivity contribution < 1.29 is 8.42 Å². The van der Waals surface area contributed by atoms with Crippen LogP contribution in [0, 0.1) is 11.3 Å². The van der Waals surface area contributed by atoms with Gasteiger partial charge in [-0.1, -0.05) is 13.3 Å². The van der Waals surface area contributed by atoms with Gasteiger partial charge in [0.1, 0.15) is 5.84 Å². The van der Waals surface area contributed by atoms with Crippen LogP contribution >= 0.6 is 0 Å². The van der Waals surface area contributed by atoms with Crippen LogP contribution in [0.4, 0.5) is 0 Å². The lowest BCUT2D eigenvalue weighted by Crippen LogP contribution is -2.44. The maximum Gasteiger partial charge on any atom is 0.212 e. The van der Waals surface area contributed by atoms with Crippen LogP contribution in [-0.2, 0) is 10.0 Å². The van der Waals surface area contributed by atoms with Crippen LogP contribution in [0.25, 0.3) is 0 Å². The molecule has 0 saturated heterocycles. The molecule has 1 saturated carbocycles. The van der Waals surface area contributed by atoms with Crippen molar-refractivity contribution in [3.63, 3.8) is 0 Å². The maximum absolute atomic E-state index is 11.6. The molecule has 0 aliphatic heterocycles. The molecular formula is C9H19N3O2S. The molecule has 15 heavy (non-hydrogen) atoms. The minimum Gasteiger partial charge on any atom is -0.386 e. The lowest BCUT2D eigenvalue weighted by Gasteiger charge is -2.16. The number of nitrogens with one attached hydrogen (secondary N) is 2. The van der Waals surface area contributed by atoms with E-state index < -0.39 is 16.1 Å². The summed E-state index contributed by atoms with van der Waals surface area (Å²) >= 11 is 0. The van der Waals surface area contributed by atoms with E-state index in [1.54, 1.807) is 0 Å². The second-order valence-electron chi connectivity index (χ2n) is 4.14. The minimum absolute atomic E-state index is 0.101. The molecule has 5 nitrogen and oxygen atoms in total. The molecule has 88 valence electrons. The number of amidine groups is 1. The molecule has 0 spiro atoms. The quantitative estimate of drug-likeness (QED) is 0.439. The average Bonchev–Trinajstić information content (AvgIpc) is 2.86. The molecule has 0 bridgehead atoms. The first-order chi connectivity index (χ1) is 6.94. The van der Waals surface area contributed by atoms with Crippen molar-refractivity contribution in [1.29, 1.82) is 5.41 Å². The highest BCUT2D eigenvalue weighted by Crippen LogP contribution is 2.30. The van der Waals surface area contributed by atoms with Crippen LogP contribution in [-0.4, -0.2) is 26.0 Å². The van der Waals surface area contributed by atoms with E-state index in [-0.39, 0.29) is 11.6 Å². The van der Waals surface area contributed by atoms with E-state index in [0.717, 1.165) is 19.3 Å². The van der Waals surface area contributed by atoms with Gasteiger partial charge in [0.05, 0.1) is 11.8 Å². The number of hydrogen-bond acceptors (Lipinski definition) is 3. The zero-order valence-corrected chi connectivity index (χ0v) is 9.81. The van der Waals surface area contributed by atoms with Crippen LogP contribution in [0.1, 0.15) is 32.6 Å². The monoisotopic (exact) mass is 233 g/mol. The van der Waals surface area contributed by atoms with Crippen molar-refractivity contribution in [3.8, 4) is 0 Å². The van der Waals surface area contributed by atoms with Crippen molar-refractivity contribution in [2.45, 2.75) is 38.6 Å². The largest absolute Gasteiger partial charge is 0.386 e. The second-order valence-corrected chi connectivity index (χ2v) is 5.94. The SMILES string of the molecule is CCCC(NS(=O)(=O)CC1CC1)C(=N)N. The average molecular weight is 233 g/mol. The predicted molar refractivity (Wildman–Crippen MR) is 60.3 cm³/mol. The lowest BCUT2D eigenvalue weighted by atomic mass is 10.2. The standard InChI is InChI=1S/C9H19N3O2S/c1-2-3-8(9(10)11)12-15(13,14)6-7-4-5-7/h7-8,12H,2-6H2,1H3,(H3,10,11). The molecule has 0 aromatic carbocycles. The molecular weight excluding hydrogens is 214 g/mol. The van der Waals surface area contributed by atoms with Crippen LogP contribution in [0.3, 0.4) is 0 Å². The van der Waals surface area contributed by atoms with Gasteiger partial charge in [-0.2, -0.15) is 0 Å². The lowest BCUT2D eigenvalue weighted by molar-refractivity contribution is 0.562. The maximum atomic E-state index is 11.6.